The number of rotatable bonds is 4. The van der Waals surface area contributed by atoms with E-state index in [2.05, 4.69) is 20.9 Å². The van der Waals surface area contributed by atoms with Gasteiger partial charge in [0.2, 0.25) is 4.96 Å². The highest BCUT2D eigenvalue weighted by Crippen LogP contribution is 2.29. The first-order valence-electron chi connectivity index (χ1n) is 6.12. The molecule has 6 nitrogen and oxygen atoms in total. The molecule has 0 saturated heterocycles. The van der Waals surface area contributed by atoms with Crippen molar-refractivity contribution in [2.24, 2.45) is 0 Å². The van der Waals surface area contributed by atoms with Gasteiger partial charge in [0.05, 0.1) is 18.4 Å². The zero-order valence-corrected chi connectivity index (χ0v) is 12.7. The van der Waals surface area contributed by atoms with Gasteiger partial charge in [0.15, 0.2) is 5.69 Å². The van der Waals surface area contributed by atoms with Gasteiger partial charge >= 0.3 is 5.97 Å². The van der Waals surface area contributed by atoms with Crippen LogP contribution in [-0.4, -0.2) is 27.7 Å². The van der Waals surface area contributed by atoms with Gasteiger partial charge in [-0.3, -0.25) is 4.79 Å². The lowest BCUT2D eigenvalue weighted by Gasteiger charge is -1.95. The summed E-state index contributed by atoms with van der Waals surface area (Å²) in [5.41, 5.74) is 1.08. The SMILES string of the molecule is COC(=O)CCc1nn2c(C#N)c(-c3cccs3)nc2s1. The minimum Gasteiger partial charge on any atom is -0.469 e. The highest BCUT2D eigenvalue weighted by Gasteiger charge is 2.18. The van der Waals surface area contributed by atoms with Crippen LogP contribution in [0.3, 0.4) is 0 Å². The molecule has 0 saturated carbocycles. The van der Waals surface area contributed by atoms with Gasteiger partial charge in [-0.2, -0.15) is 14.9 Å². The number of imidazole rings is 1. The van der Waals surface area contributed by atoms with Gasteiger partial charge in [-0.25, -0.2) is 4.98 Å². The predicted molar refractivity (Wildman–Crippen MR) is 79.2 cm³/mol. The molecule has 3 rings (SSSR count). The second-order valence-electron chi connectivity index (χ2n) is 4.16. The van der Waals surface area contributed by atoms with Crippen molar-refractivity contribution in [1.29, 1.82) is 5.26 Å². The summed E-state index contributed by atoms with van der Waals surface area (Å²) < 4.78 is 6.15. The standard InChI is InChI=1S/C13H10N4O2S2/c1-19-11(18)5-4-10-16-17-8(7-14)12(15-13(17)21-10)9-3-2-6-20-9/h2-3,6H,4-5H2,1H3. The largest absolute Gasteiger partial charge is 0.469 e. The number of ether oxygens (including phenoxy) is 1. The second-order valence-corrected chi connectivity index (χ2v) is 6.15. The Bertz CT molecular complexity index is 826. The third kappa shape index (κ3) is 2.53. The number of methoxy groups -OCH3 is 1. The average Bonchev–Trinajstić information content (AvgIpc) is 3.18. The maximum absolute atomic E-state index is 11.2. The monoisotopic (exact) mass is 318 g/mol. The van der Waals surface area contributed by atoms with Crippen molar-refractivity contribution < 1.29 is 9.53 Å². The van der Waals surface area contributed by atoms with E-state index in [0.29, 0.717) is 22.8 Å². The quantitative estimate of drug-likeness (QED) is 0.690. The van der Waals surface area contributed by atoms with E-state index in [-0.39, 0.29) is 12.4 Å². The molecule has 0 amide bonds. The third-order valence-corrected chi connectivity index (χ3v) is 4.72. The van der Waals surface area contributed by atoms with Crippen LogP contribution < -0.4 is 0 Å². The van der Waals surface area contributed by atoms with Crippen LogP contribution in [-0.2, 0) is 16.0 Å². The van der Waals surface area contributed by atoms with E-state index in [1.54, 1.807) is 4.52 Å². The first kappa shape index (κ1) is 13.7. The predicted octanol–water partition coefficient (Wildman–Crippen LogP) is 2.50. The summed E-state index contributed by atoms with van der Waals surface area (Å²) >= 11 is 2.92. The Morgan fingerprint density at radius 2 is 2.43 bits per heavy atom. The molecular formula is C13H10N4O2S2. The molecule has 0 aromatic carbocycles. The van der Waals surface area contributed by atoms with Gasteiger partial charge in [0.1, 0.15) is 16.8 Å². The number of carbonyl (C=O) groups excluding carboxylic acids is 1. The number of esters is 1. The molecule has 0 spiro atoms. The van der Waals surface area contributed by atoms with E-state index in [1.807, 2.05) is 17.5 Å². The molecule has 0 aliphatic heterocycles. The van der Waals surface area contributed by atoms with E-state index in [9.17, 15) is 10.1 Å². The van der Waals surface area contributed by atoms with E-state index in [1.165, 1.54) is 29.8 Å². The molecule has 21 heavy (non-hydrogen) atoms. The number of hydrogen-bond donors (Lipinski definition) is 0. The Kier molecular flexibility index (Phi) is 3.68. The highest BCUT2D eigenvalue weighted by molar-refractivity contribution is 7.16. The Hall–Kier alpha value is -2.24. The van der Waals surface area contributed by atoms with Crippen LogP contribution in [0, 0.1) is 11.3 Å². The summed E-state index contributed by atoms with van der Waals surface area (Å²) in [5.74, 6) is -0.275. The van der Waals surface area contributed by atoms with Gasteiger partial charge in [-0.05, 0) is 11.4 Å². The van der Waals surface area contributed by atoms with Crippen LogP contribution in [0.2, 0.25) is 0 Å². The van der Waals surface area contributed by atoms with Crippen molar-refractivity contribution in [2.45, 2.75) is 12.8 Å². The topological polar surface area (TPSA) is 80.3 Å². The molecule has 0 radical (unpaired) electrons. The lowest BCUT2D eigenvalue weighted by molar-refractivity contribution is -0.140. The number of nitrogens with zero attached hydrogens (tertiary/aromatic N) is 4. The molecule has 0 atom stereocenters. The summed E-state index contributed by atoms with van der Waals surface area (Å²) in [6.07, 6.45) is 0.757. The Labute approximate surface area is 128 Å². The van der Waals surface area contributed by atoms with Crippen molar-refractivity contribution in [2.75, 3.05) is 7.11 Å². The van der Waals surface area contributed by atoms with Crippen LogP contribution in [0.15, 0.2) is 17.5 Å². The molecule has 0 N–H and O–H groups in total. The van der Waals surface area contributed by atoms with Gasteiger partial charge in [0.25, 0.3) is 0 Å². The smallest absolute Gasteiger partial charge is 0.305 e. The first-order chi connectivity index (χ1) is 10.2. The molecule has 3 aromatic heterocycles. The maximum Gasteiger partial charge on any atom is 0.305 e. The van der Waals surface area contributed by atoms with Crippen LogP contribution in [0.1, 0.15) is 17.1 Å². The molecule has 0 fully saturated rings. The van der Waals surface area contributed by atoms with E-state index in [0.717, 1.165) is 9.88 Å². The highest BCUT2D eigenvalue weighted by atomic mass is 32.1. The zero-order chi connectivity index (χ0) is 14.8. The van der Waals surface area contributed by atoms with Crippen LogP contribution >= 0.6 is 22.7 Å². The molecule has 8 heteroatoms. The minimum absolute atomic E-state index is 0.271. The molecule has 106 valence electrons. The summed E-state index contributed by atoms with van der Waals surface area (Å²) in [6, 6.07) is 6.00. The van der Waals surface area contributed by atoms with Crippen molar-refractivity contribution in [3.05, 3.63) is 28.2 Å². The summed E-state index contributed by atoms with van der Waals surface area (Å²) in [5, 5.41) is 16.4. The fourth-order valence-electron chi connectivity index (χ4n) is 1.89. The molecular weight excluding hydrogens is 308 g/mol. The first-order valence-corrected chi connectivity index (χ1v) is 7.81. The van der Waals surface area contributed by atoms with Crippen molar-refractivity contribution in [3.8, 4) is 16.6 Å². The molecule has 0 aliphatic carbocycles. The van der Waals surface area contributed by atoms with Gasteiger partial charge in [0, 0.05) is 6.42 Å². The number of aryl methyl sites for hydroxylation is 1. The molecule has 0 unspecified atom stereocenters. The molecule has 3 aromatic rings. The van der Waals surface area contributed by atoms with Gasteiger partial charge < -0.3 is 4.74 Å². The fraction of sp³-hybridized carbons (Fsp3) is 0.231. The summed E-state index contributed by atoms with van der Waals surface area (Å²) in [4.78, 5) is 17.2. The lowest BCUT2D eigenvalue weighted by atomic mass is 10.3. The second kappa shape index (κ2) is 5.63. The Morgan fingerprint density at radius 3 is 3.10 bits per heavy atom. The Balaban J connectivity index is 1.95. The average molecular weight is 318 g/mol. The van der Waals surface area contributed by atoms with Crippen molar-refractivity contribution in [3.63, 3.8) is 0 Å². The number of fused-ring (bicyclic) bond motifs is 1. The fourth-order valence-corrected chi connectivity index (χ4v) is 3.49. The number of thiophene rings is 1. The maximum atomic E-state index is 11.2. The van der Waals surface area contributed by atoms with Crippen molar-refractivity contribution in [1.82, 2.24) is 14.6 Å². The van der Waals surface area contributed by atoms with Crippen molar-refractivity contribution >= 4 is 33.6 Å². The summed E-state index contributed by atoms with van der Waals surface area (Å²) in [6.45, 7) is 0. The molecule has 3 heterocycles. The van der Waals surface area contributed by atoms with Crippen LogP contribution in [0.5, 0.6) is 0 Å². The zero-order valence-electron chi connectivity index (χ0n) is 11.1. The summed E-state index contributed by atoms with van der Waals surface area (Å²) in [7, 11) is 1.36. The minimum atomic E-state index is -0.275. The van der Waals surface area contributed by atoms with E-state index < -0.39 is 0 Å². The normalized spacial score (nSPS) is 10.7. The Morgan fingerprint density at radius 1 is 1.57 bits per heavy atom. The number of aromatic nitrogens is 3. The van der Waals surface area contributed by atoms with E-state index >= 15 is 0 Å². The van der Waals surface area contributed by atoms with Gasteiger partial charge in [-0.15, -0.1) is 11.3 Å². The number of carbonyl (C=O) groups is 1. The lowest BCUT2D eigenvalue weighted by Crippen LogP contribution is -2.02. The number of nitriles is 1. The number of hydrogen-bond acceptors (Lipinski definition) is 7. The third-order valence-electron chi connectivity index (χ3n) is 2.88. The van der Waals surface area contributed by atoms with Gasteiger partial charge in [-0.1, -0.05) is 17.4 Å². The van der Waals surface area contributed by atoms with Crippen LogP contribution in [0.25, 0.3) is 15.5 Å². The molecule has 0 aliphatic rings. The van der Waals surface area contributed by atoms with Crippen LogP contribution in [0.4, 0.5) is 0 Å². The van der Waals surface area contributed by atoms with E-state index in [4.69, 9.17) is 0 Å². The molecule has 0 bridgehead atoms.